The summed E-state index contributed by atoms with van der Waals surface area (Å²) in [6, 6.07) is 12.6. The van der Waals surface area contributed by atoms with Gasteiger partial charge in [-0.15, -0.1) is 0 Å². The molecule has 1 heterocycles. The van der Waals surface area contributed by atoms with Gasteiger partial charge in [-0.25, -0.2) is 4.39 Å². The van der Waals surface area contributed by atoms with Crippen molar-refractivity contribution in [3.63, 3.8) is 0 Å². The van der Waals surface area contributed by atoms with Gasteiger partial charge in [-0.1, -0.05) is 17.7 Å². The number of hydrogen-bond donors (Lipinski definition) is 1. The maximum Gasteiger partial charge on any atom is 0.265 e. The zero-order valence-corrected chi connectivity index (χ0v) is 13.5. The Morgan fingerprint density at radius 1 is 1.25 bits per heavy atom. The Bertz CT molecular complexity index is 884. The van der Waals surface area contributed by atoms with Crippen molar-refractivity contribution in [2.24, 2.45) is 0 Å². The quantitative estimate of drug-likeness (QED) is 0.761. The molecular formula is C18H14ClFN2O2. The van der Waals surface area contributed by atoms with Gasteiger partial charge < -0.3 is 10.1 Å². The summed E-state index contributed by atoms with van der Waals surface area (Å²) in [4.78, 5) is 16.6. The number of benzene rings is 2. The van der Waals surface area contributed by atoms with Crippen LogP contribution in [0.3, 0.4) is 0 Å². The van der Waals surface area contributed by atoms with E-state index >= 15 is 0 Å². The van der Waals surface area contributed by atoms with Crippen LogP contribution < -0.4 is 10.1 Å². The highest BCUT2D eigenvalue weighted by atomic mass is 35.5. The van der Waals surface area contributed by atoms with Crippen molar-refractivity contribution in [1.82, 2.24) is 4.98 Å². The Morgan fingerprint density at radius 3 is 2.75 bits per heavy atom. The van der Waals surface area contributed by atoms with E-state index in [-0.39, 0.29) is 11.7 Å². The first-order valence-corrected chi connectivity index (χ1v) is 7.68. The molecule has 1 aromatic heterocycles. The van der Waals surface area contributed by atoms with E-state index in [1.54, 1.807) is 31.3 Å². The van der Waals surface area contributed by atoms with Gasteiger partial charge in [-0.3, -0.25) is 9.78 Å². The van der Waals surface area contributed by atoms with E-state index in [1.807, 2.05) is 6.07 Å². The first-order chi connectivity index (χ1) is 11.5. The predicted molar refractivity (Wildman–Crippen MR) is 91.9 cm³/mol. The molecule has 0 aliphatic heterocycles. The van der Waals surface area contributed by atoms with E-state index < -0.39 is 6.10 Å². The molecule has 1 N–H and O–H groups in total. The Balaban J connectivity index is 1.78. The lowest BCUT2D eigenvalue weighted by Gasteiger charge is -2.15. The van der Waals surface area contributed by atoms with Crippen LogP contribution in [0.5, 0.6) is 5.75 Å². The van der Waals surface area contributed by atoms with Crippen LogP contribution in [0, 0.1) is 5.82 Å². The van der Waals surface area contributed by atoms with Gasteiger partial charge in [0, 0.05) is 16.6 Å². The largest absolute Gasteiger partial charge is 0.481 e. The van der Waals surface area contributed by atoms with Gasteiger partial charge in [0.05, 0.1) is 11.2 Å². The molecule has 1 atom stereocenters. The van der Waals surface area contributed by atoms with Crippen LogP contribution in [-0.2, 0) is 4.79 Å². The van der Waals surface area contributed by atoms with Gasteiger partial charge in [0.1, 0.15) is 11.6 Å². The van der Waals surface area contributed by atoms with Crippen molar-refractivity contribution in [2.45, 2.75) is 13.0 Å². The number of aromatic nitrogens is 1. The second kappa shape index (κ2) is 6.84. The van der Waals surface area contributed by atoms with Crippen LogP contribution in [-0.4, -0.2) is 17.0 Å². The number of rotatable bonds is 4. The van der Waals surface area contributed by atoms with Crippen LogP contribution >= 0.6 is 11.6 Å². The van der Waals surface area contributed by atoms with Gasteiger partial charge in [-0.05, 0) is 49.4 Å². The molecule has 0 saturated carbocycles. The Hall–Kier alpha value is -2.66. The lowest BCUT2D eigenvalue weighted by molar-refractivity contribution is -0.122. The van der Waals surface area contributed by atoms with Crippen LogP contribution in [0.15, 0.2) is 54.7 Å². The number of carbonyl (C=O) groups excluding carboxylic acids is 1. The third-order valence-corrected chi connectivity index (χ3v) is 3.64. The Kier molecular flexibility index (Phi) is 4.62. The lowest BCUT2D eigenvalue weighted by atomic mass is 10.2. The van der Waals surface area contributed by atoms with Gasteiger partial charge in [-0.2, -0.15) is 0 Å². The smallest absolute Gasteiger partial charge is 0.265 e. The fourth-order valence-electron chi connectivity index (χ4n) is 2.26. The molecule has 2 aromatic carbocycles. The number of nitrogens with zero attached hydrogens (tertiary/aromatic N) is 1. The minimum Gasteiger partial charge on any atom is -0.481 e. The standard InChI is InChI=1S/C18H14ClFN2O2/c1-11(24-15-6-4-14(20)5-7-15)18(23)22-16-10-13(19)9-12-3-2-8-21-17(12)16/h2-11H,1H3,(H,22,23). The summed E-state index contributed by atoms with van der Waals surface area (Å²) in [6.45, 7) is 1.61. The summed E-state index contributed by atoms with van der Waals surface area (Å²) in [5.74, 6) is -0.308. The van der Waals surface area contributed by atoms with Crippen molar-refractivity contribution in [3.8, 4) is 5.75 Å². The zero-order chi connectivity index (χ0) is 17.1. The second-order valence-corrected chi connectivity index (χ2v) is 5.67. The minimum absolute atomic E-state index is 0.353. The van der Waals surface area contributed by atoms with Crippen molar-refractivity contribution < 1.29 is 13.9 Å². The maximum absolute atomic E-state index is 12.9. The highest BCUT2D eigenvalue weighted by Crippen LogP contribution is 2.26. The number of pyridine rings is 1. The Morgan fingerprint density at radius 2 is 2.00 bits per heavy atom. The molecule has 1 unspecified atom stereocenters. The van der Waals surface area contributed by atoms with Crippen LogP contribution in [0.1, 0.15) is 6.92 Å². The summed E-state index contributed by atoms with van der Waals surface area (Å²) in [7, 11) is 0. The molecule has 3 aromatic rings. The van der Waals surface area contributed by atoms with Crippen molar-refractivity contribution >= 4 is 34.1 Å². The molecule has 24 heavy (non-hydrogen) atoms. The predicted octanol–water partition coefficient (Wildman–Crippen LogP) is 4.43. The number of amides is 1. The molecule has 4 nitrogen and oxygen atoms in total. The number of ether oxygens (including phenoxy) is 1. The maximum atomic E-state index is 12.9. The molecule has 6 heteroatoms. The molecule has 3 rings (SSSR count). The normalized spacial score (nSPS) is 12.0. The summed E-state index contributed by atoms with van der Waals surface area (Å²) < 4.78 is 18.4. The van der Waals surface area contributed by atoms with Gasteiger partial charge in [0.2, 0.25) is 0 Å². The van der Waals surface area contributed by atoms with Gasteiger partial charge >= 0.3 is 0 Å². The van der Waals surface area contributed by atoms with E-state index in [2.05, 4.69) is 10.3 Å². The van der Waals surface area contributed by atoms with Crippen LogP contribution in [0.25, 0.3) is 10.9 Å². The fraction of sp³-hybridized carbons (Fsp3) is 0.111. The van der Waals surface area contributed by atoms with Gasteiger partial charge in [0.15, 0.2) is 6.10 Å². The van der Waals surface area contributed by atoms with Crippen LogP contribution in [0.2, 0.25) is 5.02 Å². The van der Waals surface area contributed by atoms with Gasteiger partial charge in [0.25, 0.3) is 5.91 Å². The average molecular weight is 345 g/mol. The molecule has 0 fully saturated rings. The molecule has 1 amide bonds. The molecule has 0 spiro atoms. The van der Waals surface area contributed by atoms with E-state index in [4.69, 9.17) is 16.3 Å². The van der Waals surface area contributed by atoms with E-state index in [9.17, 15) is 9.18 Å². The SMILES string of the molecule is CC(Oc1ccc(F)cc1)C(=O)Nc1cc(Cl)cc2cccnc12. The number of carbonyl (C=O) groups is 1. The number of nitrogens with one attached hydrogen (secondary N) is 1. The number of halogens is 2. The monoisotopic (exact) mass is 344 g/mol. The van der Waals surface area contributed by atoms with E-state index in [0.29, 0.717) is 22.0 Å². The highest BCUT2D eigenvalue weighted by molar-refractivity contribution is 6.32. The molecule has 0 bridgehead atoms. The number of fused-ring (bicyclic) bond motifs is 1. The summed E-state index contributed by atoms with van der Waals surface area (Å²) in [5, 5.41) is 4.10. The molecular weight excluding hydrogens is 331 g/mol. The molecule has 0 saturated heterocycles. The number of hydrogen-bond acceptors (Lipinski definition) is 3. The van der Waals surface area contributed by atoms with Crippen molar-refractivity contribution in [3.05, 3.63) is 65.6 Å². The average Bonchev–Trinajstić information content (AvgIpc) is 2.56. The zero-order valence-electron chi connectivity index (χ0n) is 12.8. The van der Waals surface area contributed by atoms with E-state index in [1.165, 1.54) is 24.3 Å². The second-order valence-electron chi connectivity index (χ2n) is 5.23. The highest BCUT2D eigenvalue weighted by Gasteiger charge is 2.17. The summed E-state index contributed by atoms with van der Waals surface area (Å²) >= 11 is 6.09. The molecule has 0 aliphatic rings. The molecule has 122 valence electrons. The lowest BCUT2D eigenvalue weighted by Crippen LogP contribution is -2.30. The topological polar surface area (TPSA) is 51.2 Å². The van der Waals surface area contributed by atoms with Crippen LogP contribution in [0.4, 0.5) is 10.1 Å². The van der Waals surface area contributed by atoms with E-state index in [0.717, 1.165) is 5.39 Å². The third kappa shape index (κ3) is 3.63. The molecule has 0 radical (unpaired) electrons. The van der Waals surface area contributed by atoms with Crippen molar-refractivity contribution in [2.75, 3.05) is 5.32 Å². The third-order valence-electron chi connectivity index (χ3n) is 3.42. The first-order valence-electron chi connectivity index (χ1n) is 7.30. The molecule has 0 aliphatic carbocycles. The summed E-state index contributed by atoms with van der Waals surface area (Å²) in [6.07, 6.45) is 0.873. The minimum atomic E-state index is -0.770. The summed E-state index contributed by atoms with van der Waals surface area (Å²) in [5.41, 5.74) is 1.15. The van der Waals surface area contributed by atoms with Crippen molar-refractivity contribution in [1.29, 1.82) is 0 Å². The Labute approximate surface area is 143 Å². The first kappa shape index (κ1) is 16.2. The number of anilines is 1. The fourth-order valence-corrected chi connectivity index (χ4v) is 2.48.